The summed E-state index contributed by atoms with van der Waals surface area (Å²) in [5.41, 5.74) is 3.83. The Morgan fingerprint density at radius 2 is 2.00 bits per heavy atom. The Labute approximate surface area is 187 Å². The maximum absolute atomic E-state index is 13.4. The van der Waals surface area contributed by atoms with Crippen LogP contribution < -0.4 is 5.32 Å². The normalized spacial score (nSPS) is 12.8. The molecule has 0 saturated carbocycles. The highest BCUT2D eigenvalue weighted by molar-refractivity contribution is 5.77. The zero-order chi connectivity index (χ0) is 22.9. The molecule has 1 N–H and O–H groups in total. The van der Waals surface area contributed by atoms with Crippen molar-refractivity contribution in [2.75, 3.05) is 12.0 Å². The Hall–Kier alpha value is -3.61. The summed E-state index contributed by atoms with van der Waals surface area (Å²) in [6, 6.07) is 7.87. The third kappa shape index (κ3) is 5.55. The molecular formula is C25H27F2N5. The smallest absolute Gasteiger partial charge is 0.223 e. The number of aryl methyl sites for hydroxylation is 1. The van der Waals surface area contributed by atoms with Crippen molar-refractivity contribution in [3.63, 3.8) is 0 Å². The van der Waals surface area contributed by atoms with Crippen molar-refractivity contribution >= 4 is 5.95 Å². The zero-order valence-corrected chi connectivity index (χ0v) is 18.3. The first kappa shape index (κ1) is 23.1. The van der Waals surface area contributed by atoms with Crippen molar-refractivity contribution in [3.8, 4) is 22.6 Å². The van der Waals surface area contributed by atoms with Crippen LogP contribution in [-0.2, 0) is 6.54 Å². The number of allylic oxidation sites excluding steroid dienone is 3. The molecular weight excluding hydrogens is 408 g/mol. The van der Waals surface area contributed by atoms with E-state index in [4.69, 9.17) is 4.98 Å². The van der Waals surface area contributed by atoms with E-state index in [1.165, 1.54) is 12.1 Å². The minimum Gasteiger partial charge on any atom is -0.348 e. The molecule has 7 heteroatoms. The van der Waals surface area contributed by atoms with Crippen molar-refractivity contribution in [1.29, 1.82) is 0 Å². The molecule has 0 radical (unpaired) electrons. The van der Waals surface area contributed by atoms with Gasteiger partial charge in [0.25, 0.3) is 0 Å². The summed E-state index contributed by atoms with van der Waals surface area (Å²) in [7, 11) is 0. The lowest BCUT2D eigenvalue weighted by molar-refractivity contribution is 0.447. The highest BCUT2D eigenvalue weighted by Gasteiger charge is 2.18. The van der Waals surface area contributed by atoms with Crippen molar-refractivity contribution in [2.45, 2.75) is 32.9 Å². The fourth-order valence-electron chi connectivity index (χ4n) is 3.38. The maximum Gasteiger partial charge on any atom is 0.223 e. The summed E-state index contributed by atoms with van der Waals surface area (Å²) < 4.78 is 28.2. The van der Waals surface area contributed by atoms with E-state index >= 15 is 0 Å². The predicted molar refractivity (Wildman–Crippen MR) is 125 cm³/mol. The van der Waals surface area contributed by atoms with Crippen LogP contribution in [0.5, 0.6) is 0 Å². The van der Waals surface area contributed by atoms with Crippen molar-refractivity contribution in [2.24, 2.45) is 0 Å². The second-order valence-electron chi connectivity index (χ2n) is 7.22. The van der Waals surface area contributed by atoms with Gasteiger partial charge in [-0.2, -0.15) is 0 Å². The summed E-state index contributed by atoms with van der Waals surface area (Å²) in [4.78, 5) is 13.6. The van der Waals surface area contributed by atoms with E-state index in [2.05, 4.69) is 21.9 Å². The molecule has 1 aromatic carbocycles. The van der Waals surface area contributed by atoms with E-state index in [9.17, 15) is 8.78 Å². The molecule has 0 saturated heterocycles. The summed E-state index contributed by atoms with van der Waals surface area (Å²) in [6.45, 7) is 7.76. The van der Waals surface area contributed by atoms with Gasteiger partial charge in [-0.15, -0.1) is 0 Å². The molecule has 5 nitrogen and oxygen atoms in total. The fourth-order valence-corrected chi connectivity index (χ4v) is 3.38. The number of nitrogens with one attached hydrogen (secondary N) is 1. The number of alkyl halides is 1. The van der Waals surface area contributed by atoms with Gasteiger partial charge >= 0.3 is 0 Å². The monoisotopic (exact) mass is 435 g/mol. The highest BCUT2D eigenvalue weighted by atomic mass is 19.1. The number of nitrogens with zero attached hydrogens (tertiary/aromatic N) is 4. The lowest BCUT2D eigenvalue weighted by atomic mass is 10.1. The van der Waals surface area contributed by atoms with Crippen molar-refractivity contribution in [3.05, 3.63) is 85.1 Å². The first-order chi connectivity index (χ1) is 15.6. The van der Waals surface area contributed by atoms with Gasteiger partial charge in [-0.1, -0.05) is 30.9 Å². The molecule has 0 spiro atoms. The topological polar surface area (TPSA) is 55.6 Å². The summed E-state index contributed by atoms with van der Waals surface area (Å²) in [5.74, 6) is 0.136. The van der Waals surface area contributed by atoms with Gasteiger partial charge < -0.3 is 9.88 Å². The number of anilines is 1. The number of benzene rings is 1. The maximum atomic E-state index is 13.4. The standard InChI is InChI=1S/C25H27F2N5/c1-4-7-19(8-5-2)18(3)30-25-28-15-13-22(31-25)24-23(20-9-11-21(27)12-10-20)29-17-32(24)16-6-14-26/h4-5,7-13,15,17-18H,1,6,14,16H2,2-3H3,(H,28,30,31)/b8-5-,19-7+. The molecule has 0 fully saturated rings. The van der Waals surface area contributed by atoms with Crippen LogP contribution in [0.15, 0.2) is 79.3 Å². The molecule has 1 atom stereocenters. The average molecular weight is 436 g/mol. The minimum absolute atomic E-state index is 0.0486. The molecule has 0 bridgehead atoms. The van der Waals surface area contributed by atoms with E-state index in [0.29, 0.717) is 30.3 Å². The molecule has 0 aliphatic rings. The Morgan fingerprint density at radius 3 is 2.69 bits per heavy atom. The number of imidazole rings is 1. The van der Waals surface area contributed by atoms with Crippen LogP contribution >= 0.6 is 0 Å². The number of aromatic nitrogens is 4. The molecule has 166 valence electrons. The van der Waals surface area contributed by atoms with Gasteiger partial charge in [0.2, 0.25) is 5.95 Å². The van der Waals surface area contributed by atoms with Crippen LogP contribution in [0.1, 0.15) is 20.3 Å². The van der Waals surface area contributed by atoms with Crippen LogP contribution in [-0.4, -0.2) is 32.2 Å². The van der Waals surface area contributed by atoms with Crippen LogP contribution in [0.3, 0.4) is 0 Å². The second kappa shape index (κ2) is 11.1. The zero-order valence-electron chi connectivity index (χ0n) is 18.3. The fraction of sp³-hybridized carbons (Fsp3) is 0.240. The van der Waals surface area contributed by atoms with Gasteiger partial charge in [0.05, 0.1) is 36.1 Å². The summed E-state index contributed by atoms with van der Waals surface area (Å²) in [5, 5.41) is 3.31. The quantitative estimate of drug-likeness (QED) is 0.397. The van der Waals surface area contributed by atoms with Crippen LogP contribution in [0, 0.1) is 5.82 Å². The van der Waals surface area contributed by atoms with Crippen LogP contribution in [0.2, 0.25) is 0 Å². The largest absolute Gasteiger partial charge is 0.348 e. The number of halogens is 2. The summed E-state index contributed by atoms with van der Waals surface area (Å²) >= 11 is 0. The van der Waals surface area contributed by atoms with E-state index in [1.807, 2.05) is 36.6 Å². The summed E-state index contributed by atoms with van der Waals surface area (Å²) in [6.07, 6.45) is 11.3. The Kier molecular flexibility index (Phi) is 8.02. The lowest BCUT2D eigenvalue weighted by Gasteiger charge is -2.16. The first-order valence-corrected chi connectivity index (χ1v) is 10.5. The lowest BCUT2D eigenvalue weighted by Crippen LogP contribution is -2.19. The van der Waals surface area contributed by atoms with Crippen LogP contribution in [0.25, 0.3) is 22.6 Å². The molecule has 32 heavy (non-hydrogen) atoms. The molecule has 0 aliphatic carbocycles. The third-order valence-electron chi connectivity index (χ3n) is 4.90. The van der Waals surface area contributed by atoms with E-state index in [0.717, 1.165) is 16.8 Å². The molecule has 3 aromatic rings. The Bertz CT molecular complexity index is 1100. The van der Waals surface area contributed by atoms with Gasteiger partial charge in [-0.25, -0.2) is 19.3 Å². The molecule has 1 unspecified atom stereocenters. The van der Waals surface area contributed by atoms with Crippen LogP contribution in [0.4, 0.5) is 14.7 Å². The molecule has 2 aromatic heterocycles. The minimum atomic E-state index is -0.430. The van der Waals surface area contributed by atoms with Gasteiger partial charge in [0.1, 0.15) is 5.82 Å². The Balaban J connectivity index is 2.00. The average Bonchev–Trinajstić information content (AvgIpc) is 3.22. The van der Waals surface area contributed by atoms with Gasteiger partial charge in [-0.05, 0) is 56.2 Å². The third-order valence-corrected chi connectivity index (χ3v) is 4.90. The van der Waals surface area contributed by atoms with Gasteiger partial charge in [0, 0.05) is 18.3 Å². The molecule has 0 aliphatic heterocycles. The van der Waals surface area contributed by atoms with Gasteiger partial charge in [0.15, 0.2) is 0 Å². The second-order valence-corrected chi connectivity index (χ2v) is 7.22. The molecule has 2 heterocycles. The van der Waals surface area contributed by atoms with Crippen molar-refractivity contribution < 1.29 is 8.78 Å². The first-order valence-electron chi connectivity index (χ1n) is 10.5. The number of hydrogen-bond donors (Lipinski definition) is 1. The molecule has 3 rings (SSSR count). The van der Waals surface area contributed by atoms with Crippen molar-refractivity contribution in [1.82, 2.24) is 19.5 Å². The predicted octanol–water partition coefficient (Wildman–Crippen LogP) is 5.99. The highest BCUT2D eigenvalue weighted by Crippen LogP contribution is 2.31. The van der Waals surface area contributed by atoms with Gasteiger partial charge in [-0.3, -0.25) is 4.39 Å². The Morgan fingerprint density at radius 1 is 1.22 bits per heavy atom. The SMILES string of the molecule is C=C/C=C(\C=C/C)C(C)Nc1nccc(-c2c(-c3ccc(F)cc3)ncn2CCCF)n1. The van der Waals surface area contributed by atoms with E-state index in [1.54, 1.807) is 36.8 Å². The molecule has 0 amide bonds. The number of rotatable bonds is 10. The number of hydrogen-bond acceptors (Lipinski definition) is 4. The van der Waals surface area contributed by atoms with E-state index in [-0.39, 0.29) is 11.9 Å². The van der Waals surface area contributed by atoms with E-state index < -0.39 is 6.67 Å².